The van der Waals surface area contributed by atoms with Crippen molar-refractivity contribution >= 4 is 28.5 Å². The SMILES string of the molecule is O=C(CCc1ccc(OCc2ccccc2)c(Cl)c1)Sc1ccccn1. The summed E-state index contributed by atoms with van der Waals surface area (Å²) in [6, 6.07) is 21.1. The van der Waals surface area contributed by atoms with E-state index in [1.165, 1.54) is 11.8 Å². The van der Waals surface area contributed by atoms with Gasteiger partial charge in [0, 0.05) is 12.6 Å². The summed E-state index contributed by atoms with van der Waals surface area (Å²) in [5.41, 5.74) is 2.10. The van der Waals surface area contributed by atoms with Gasteiger partial charge in [-0.2, -0.15) is 0 Å². The molecule has 5 heteroatoms. The Morgan fingerprint density at radius 3 is 2.54 bits per heavy atom. The topological polar surface area (TPSA) is 39.2 Å². The van der Waals surface area contributed by atoms with E-state index >= 15 is 0 Å². The fourth-order valence-electron chi connectivity index (χ4n) is 2.37. The summed E-state index contributed by atoms with van der Waals surface area (Å²) in [7, 11) is 0. The second kappa shape index (κ2) is 9.41. The van der Waals surface area contributed by atoms with E-state index in [2.05, 4.69) is 4.98 Å². The van der Waals surface area contributed by atoms with Gasteiger partial charge in [-0.25, -0.2) is 4.98 Å². The molecule has 0 saturated heterocycles. The van der Waals surface area contributed by atoms with Gasteiger partial charge in [0.15, 0.2) is 5.12 Å². The smallest absolute Gasteiger partial charge is 0.195 e. The van der Waals surface area contributed by atoms with Crippen molar-refractivity contribution in [3.63, 3.8) is 0 Å². The van der Waals surface area contributed by atoms with Gasteiger partial charge in [-0.05, 0) is 53.6 Å². The predicted molar refractivity (Wildman–Crippen MR) is 106 cm³/mol. The summed E-state index contributed by atoms with van der Waals surface area (Å²) in [6.45, 7) is 0.471. The molecule has 0 aliphatic rings. The molecular weight excluding hydrogens is 366 g/mol. The highest BCUT2D eigenvalue weighted by Gasteiger charge is 2.08. The number of pyridine rings is 1. The number of hydrogen-bond donors (Lipinski definition) is 0. The molecule has 0 bridgehead atoms. The van der Waals surface area contributed by atoms with E-state index in [0.29, 0.717) is 30.2 Å². The van der Waals surface area contributed by atoms with E-state index in [-0.39, 0.29) is 5.12 Å². The van der Waals surface area contributed by atoms with E-state index in [1.807, 2.05) is 66.7 Å². The standard InChI is InChI=1S/C21H18ClNO2S/c22-18-14-16(10-12-21(24)26-20-8-4-5-13-23-20)9-11-19(18)25-15-17-6-2-1-3-7-17/h1-9,11,13-14H,10,12,15H2. The van der Waals surface area contributed by atoms with Crippen molar-refractivity contribution < 1.29 is 9.53 Å². The molecule has 0 N–H and O–H groups in total. The van der Waals surface area contributed by atoms with E-state index < -0.39 is 0 Å². The molecule has 1 aromatic heterocycles. The largest absolute Gasteiger partial charge is 0.487 e. The number of aromatic nitrogens is 1. The maximum Gasteiger partial charge on any atom is 0.195 e. The van der Waals surface area contributed by atoms with Crippen LogP contribution in [-0.4, -0.2) is 10.1 Å². The van der Waals surface area contributed by atoms with Gasteiger partial charge < -0.3 is 4.74 Å². The number of hydrogen-bond acceptors (Lipinski definition) is 4. The average molecular weight is 384 g/mol. The molecule has 1 heterocycles. The van der Waals surface area contributed by atoms with Crippen LogP contribution in [0.4, 0.5) is 0 Å². The van der Waals surface area contributed by atoms with Crippen molar-refractivity contribution in [2.45, 2.75) is 24.5 Å². The second-order valence-electron chi connectivity index (χ2n) is 5.68. The highest BCUT2D eigenvalue weighted by atomic mass is 35.5. The monoisotopic (exact) mass is 383 g/mol. The Morgan fingerprint density at radius 1 is 1.00 bits per heavy atom. The summed E-state index contributed by atoms with van der Waals surface area (Å²) in [5, 5.41) is 1.37. The first-order chi connectivity index (χ1) is 12.7. The quantitative estimate of drug-likeness (QED) is 0.500. The molecule has 3 aromatic rings. The van der Waals surface area contributed by atoms with Crippen LogP contribution in [0.3, 0.4) is 0 Å². The van der Waals surface area contributed by atoms with Crippen molar-refractivity contribution in [1.82, 2.24) is 4.98 Å². The minimum absolute atomic E-state index is 0.0872. The zero-order valence-corrected chi connectivity index (χ0v) is 15.7. The summed E-state index contributed by atoms with van der Waals surface area (Å²) < 4.78 is 5.77. The van der Waals surface area contributed by atoms with Crippen molar-refractivity contribution in [3.05, 3.63) is 89.1 Å². The van der Waals surface area contributed by atoms with E-state index in [0.717, 1.165) is 16.2 Å². The molecule has 132 valence electrons. The van der Waals surface area contributed by atoms with Crippen LogP contribution >= 0.6 is 23.4 Å². The van der Waals surface area contributed by atoms with Crippen LogP contribution in [0.5, 0.6) is 5.75 Å². The summed E-state index contributed by atoms with van der Waals surface area (Å²) in [4.78, 5) is 16.2. The van der Waals surface area contributed by atoms with Gasteiger partial charge >= 0.3 is 0 Å². The second-order valence-corrected chi connectivity index (χ2v) is 7.17. The van der Waals surface area contributed by atoms with Crippen LogP contribution in [0.2, 0.25) is 5.02 Å². The highest BCUT2D eigenvalue weighted by Crippen LogP contribution is 2.27. The number of carbonyl (C=O) groups excluding carboxylic acids is 1. The normalized spacial score (nSPS) is 10.5. The van der Waals surface area contributed by atoms with Gasteiger partial charge in [-0.3, -0.25) is 4.79 Å². The summed E-state index contributed by atoms with van der Waals surface area (Å²) in [5.74, 6) is 0.647. The molecule has 3 rings (SSSR count). The average Bonchev–Trinajstić information content (AvgIpc) is 2.67. The Balaban J connectivity index is 1.51. The lowest BCUT2D eigenvalue weighted by Crippen LogP contribution is -1.98. The summed E-state index contributed by atoms with van der Waals surface area (Å²) in [6.07, 6.45) is 2.75. The molecule has 26 heavy (non-hydrogen) atoms. The number of benzene rings is 2. The third-order valence-corrected chi connectivity index (χ3v) is 4.89. The lowest BCUT2D eigenvalue weighted by molar-refractivity contribution is -0.110. The van der Waals surface area contributed by atoms with Gasteiger partial charge in [0.05, 0.1) is 5.02 Å². The molecule has 0 atom stereocenters. The molecule has 0 aliphatic heterocycles. The summed E-state index contributed by atoms with van der Waals surface area (Å²) >= 11 is 7.48. The van der Waals surface area contributed by atoms with Crippen molar-refractivity contribution in [3.8, 4) is 5.75 Å². The molecule has 2 aromatic carbocycles. The first-order valence-corrected chi connectivity index (χ1v) is 9.47. The highest BCUT2D eigenvalue weighted by molar-refractivity contribution is 8.13. The van der Waals surface area contributed by atoms with Gasteiger partial charge in [0.25, 0.3) is 0 Å². The minimum Gasteiger partial charge on any atom is -0.487 e. The van der Waals surface area contributed by atoms with Crippen LogP contribution in [-0.2, 0) is 17.8 Å². The molecular formula is C21H18ClNO2S. The van der Waals surface area contributed by atoms with Gasteiger partial charge in [-0.15, -0.1) is 0 Å². The van der Waals surface area contributed by atoms with Gasteiger partial charge in [0.1, 0.15) is 17.4 Å². The number of nitrogens with zero attached hydrogens (tertiary/aromatic N) is 1. The van der Waals surface area contributed by atoms with Crippen molar-refractivity contribution in [1.29, 1.82) is 0 Å². The molecule has 0 aliphatic carbocycles. The van der Waals surface area contributed by atoms with Gasteiger partial charge in [-0.1, -0.05) is 54.1 Å². The van der Waals surface area contributed by atoms with Crippen molar-refractivity contribution in [2.24, 2.45) is 0 Å². The molecule has 0 amide bonds. The van der Waals surface area contributed by atoms with Crippen LogP contribution in [0.15, 0.2) is 78.0 Å². The number of carbonyl (C=O) groups is 1. The molecule has 3 nitrogen and oxygen atoms in total. The van der Waals surface area contributed by atoms with E-state index in [4.69, 9.17) is 16.3 Å². The molecule has 0 radical (unpaired) electrons. The third kappa shape index (κ3) is 5.61. The van der Waals surface area contributed by atoms with Crippen LogP contribution in [0.25, 0.3) is 0 Å². The maximum atomic E-state index is 12.1. The number of aryl methyl sites for hydroxylation is 1. The lowest BCUT2D eigenvalue weighted by atomic mass is 10.1. The minimum atomic E-state index is 0.0872. The molecule has 0 spiro atoms. The Hall–Kier alpha value is -2.30. The van der Waals surface area contributed by atoms with E-state index in [1.54, 1.807) is 6.20 Å². The zero-order chi connectivity index (χ0) is 18.2. The number of rotatable bonds is 7. The molecule has 0 fully saturated rings. The Bertz CT molecular complexity index is 856. The Labute approximate surface area is 162 Å². The fourth-order valence-corrected chi connectivity index (χ4v) is 3.33. The lowest BCUT2D eigenvalue weighted by Gasteiger charge is -2.09. The number of thioether (sulfide) groups is 1. The first kappa shape index (κ1) is 18.5. The van der Waals surface area contributed by atoms with Crippen LogP contribution in [0, 0.1) is 0 Å². The van der Waals surface area contributed by atoms with E-state index in [9.17, 15) is 4.79 Å². The first-order valence-electron chi connectivity index (χ1n) is 8.27. The molecule has 0 unspecified atom stereocenters. The van der Waals surface area contributed by atoms with Gasteiger partial charge in [0.2, 0.25) is 0 Å². The zero-order valence-electron chi connectivity index (χ0n) is 14.1. The van der Waals surface area contributed by atoms with Crippen LogP contribution in [0.1, 0.15) is 17.5 Å². The third-order valence-electron chi connectivity index (χ3n) is 3.71. The van der Waals surface area contributed by atoms with Crippen LogP contribution < -0.4 is 4.74 Å². The number of ether oxygens (including phenoxy) is 1. The Kier molecular flexibility index (Phi) is 6.69. The fraction of sp³-hybridized carbons (Fsp3) is 0.143. The predicted octanol–water partition coefficient (Wildman–Crippen LogP) is 5.57. The maximum absolute atomic E-state index is 12.1. The Morgan fingerprint density at radius 2 is 1.81 bits per heavy atom. The van der Waals surface area contributed by atoms with Crippen molar-refractivity contribution in [2.75, 3.05) is 0 Å². The number of halogens is 1. The molecule has 0 saturated carbocycles.